The van der Waals surface area contributed by atoms with Gasteiger partial charge in [0.25, 0.3) is 0 Å². The Bertz CT molecular complexity index is 514. The van der Waals surface area contributed by atoms with Gasteiger partial charge in [-0.15, -0.1) is 10.2 Å². The minimum Gasteiger partial charge on any atom is -0.419 e. The fourth-order valence-electron chi connectivity index (χ4n) is 1.67. The first-order valence-electron chi connectivity index (χ1n) is 5.92. The van der Waals surface area contributed by atoms with Crippen molar-refractivity contribution in [3.05, 3.63) is 30.2 Å². The van der Waals surface area contributed by atoms with Crippen molar-refractivity contribution in [3.63, 3.8) is 0 Å². The topological polar surface area (TPSA) is 63.8 Å². The predicted molar refractivity (Wildman–Crippen MR) is 64.2 cm³/mol. The first-order chi connectivity index (χ1) is 8.74. The van der Waals surface area contributed by atoms with Gasteiger partial charge in [0, 0.05) is 6.20 Å². The highest BCUT2D eigenvalue weighted by Gasteiger charge is 2.16. The monoisotopic (exact) mass is 250 g/mol. The molecule has 1 atom stereocenters. The molecule has 1 unspecified atom stereocenters. The molecule has 2 heterocycles. The number of nitrogens with one attached hydrogen (secondary N) is 1. The van der Waals surface area contributed by atoms with Crippen molar-refractivity contribution in [2.24, 2.45) is 0 Å². The van der Waals surface area contributed by atoms with Crippen molar-refractivity contribution < 1.29 is 8.81 Å². The summed E-state index contributed by atoms with van der Waals surface area (Å²) >= 11 is 0. The van der Waals surface area contributed by atoms with Gasteiger partial charge in [0.05, 0.1) is 17.8 Å². The van der Waals surface area contributed by atoms with Crippen molar-refractivity contribution >= 4 is 0 Å². The molecule has 2 rings (SSSR count). The molecule has 5 nitrogen and oxygen atoms in total. The molecular weight excluding hydrogens is 235 g/mol. The van der Waals surface area contributed by atoms with E-state index in [4.69, 9.17) is 4.42 Å². The normalized spacial score (nSPS) is 12.6. The van der Waals surface area contributed by atoms with Gasteiger partial charge in [0.2, 0.25) is 11.8 Å². The smallest absolute Gasteiger partial charge is 0.249 e. The van der Waals surface area contributed by atoms with Crippen LogP contribution in [0.3, 0.4) is 0 Å². The Balaban J connectivity index is 2.24. The molecule has 0 amide bonds. The molecular formula is C12H15FN4O. The van der Waals surface area contributed by atoms with E-state index in [0.29, 0.717) is 11.5 Å². The first kappa shape index (κ1) is 12.6. The third-order valence-corrected chi connectivity index (χ3v) is 2.55. The van der Waals surface area contributed by atoms with Crippen molar-refractivity contribution in [3.8, 4) is 11.5 Å². The van der Waals surface area contributed by atoms with Gasteiger partial charge < -0.3 is 9.73 Å². The van der Waals surface area contributed by atoms with E-state index < -0.39 is 5.82 Å². The summed E-state index contributed by atoms with van der Waals surface area (Å²) in [5.74, 6) is 0.373. The Labute approximate surface area is 104 Å². The molecule has 18 heavy (non-hydrogen) atoms. The Hall–Kier alpha value is -1.82. The van der Waals surface area contributed by atoms with Crippen LogP contribution in [0.2, 0.25) is 0 Å². The third-order valence-electron chi connectivity index (χ3n) is 2.55. The Morgan fingerprint density at radius 2 is 2.17 bits per heavy atom. The molecule has 0 radical (unpaired) electrons. The molecule has 0 saturated carbocycles. The molecule has 0 aliphatic carbocycles. The fraction of sp³-hybridized carbons (Fsp3) is 0.417. The van der Waals surface area contributed by atoms with Crippen LogP contribution in [0.25, 0.3) is 11.5 Å². The maximum absolute atomic E-state index is 13.0. The van der Waals surface area contributed by atoms with E-state index in [0.717, 1.165) is 19.2 Å². The van der Waals surface area contributed by atoms with E-state index >= 15 is 0 Å². The third kappa shape index (κ3) is 2.70. The molecule has 0 spiro atoms. The van der Waals surface area contributed by atoms with Crippen LogP contribution < -0.4 is 5.32 Å². The maximum Gasteiger partial charge on any atom is 0.249 e. The summed E-state index contributed by atoms with van der Waals surface area (Å²) < 4.78 is 18.6. The zero-order chi connectivity index (χ0) is 13.0. The molecule has 2 aromatic rings. The molecule has 96 valence electrons. The van der Waals surface area contributed by atoms with E-state index in [1.54, 1.807) is 0 Å². The van der Waals surface area contributed by atoms with Gasteiger partial charge in [-0.05, 0) is 19.0 Å². The second kappa shape index (κ2) is 5.68. The summed E-state index contributed by atoms with van der Waals surface area (Å²) in [4.78, 5) is 3.75. The fourth-order valence-corrected chi connectivity index (χ4v) is 1.67. The zero-order valence-electron chi connectivity index (χ0n) is 10.4. The molecule has 0 bridgehead atoms. The van der Waals surface area contributed by atoms with E-state index in [-0.39, 0.29) is 11.9 Å². The second-order valence-corrected chi connectivity index (χ2v) is 3.86. The molecule has 1 N–H and O–H groups in total. The van der Waals surface area contributed by atoms with Crippen LogP contribution in [0.4, 0.5) is 4.39 Å². The lowest BCUT2D eigenvalue weighted by Crippen LogP contribution is -2.20. The number of rotatable bonds is 5. The van der Waals surface area contributed by atoms with E-state index in [1.807, 2.05) is 13.8 Å². The Kier molecular flexibility index (Phi) is 3.99. The Morgan fingerprint density at radius 3 is 2.83 bits per heavy atom. The quantitative estimate of drug-likeness (QED) is 0.882. The van der Waals surface area contributed by atoms with Gasteiger partial charge in [0.15, 0.2) is 0 Å². The van der Waals surface area contributed by atoms with Crippen molar-refractivity contribution in [2.45, 2.75) is 26.3 Å². The zero-order valence-corrected chi connectivity index (χ0v) is 10.4. The average molecular weight is 250 g/mol. The van der Waals surface area contributed by atoms with Crippen LogP contribution in [0.15, 0.2) is 22.9 Å². The summed E-state index contributed by atoms with van der Waals surface area (Å²) in [5, 5.41) is 11.1. The number of halogens is 1. The van der Waals surface area contributed by atoms with Gasteiger partial charge in [-0.3, -0.25) is 4.98 Å². The van der Waals surface area contributed by atoms with Crippen LogP contribution in [0, 0.1) is 5.82 Å². The summed E-state index contributed by atoms with van der Waals surface area (Å²) in [6.45, 7) is 4.86. The number of hydrogen-bond acceptors (Lipinski definition) is 5. The van der Waals surface area contributed by atoms with Crippen molar-refractivity contribution in [2.75, 3.05) is 6.54 Å². The highest BCUT2D eigenvalue weighted by Crippen LogP contribution is 2.21. The highest BCUT2D eigenvalue weighted by molar-refractivity contribution is 5.50. The summed E-state index contributed by atoms with van der Waals surface area (Å²) in [6, 6.07) is 1.34. The summed E-state index contributed by atoms with van der Waals surface area (Å²) in [6.07, 6.45) is 3.47. The minimum atomic E-state index is -0.425. The molecule has 6 heteroatoms. The highest BCUT2D eigenvalue weighted by atomic mass is 19.1. The van der Waals surface area contributed by atoms with Crippen LogP contribution in [-0.4, -0.2) is 21.7 Å². The predicted octanol–water partition coefficient (Wildman–Crippen LogP) is 2.33. The largest absolute Gasteiger partial charge is 0.419 e. The van der Waals surface area contributed by atoms with E-state index in [1.165, 1.54) is 12.3 Å². The molecule has 0 aromatic carbocycles. The van der Waals surface area contributed by atoms with Crippen molar-refractivity contribution in [1.82, 2.24) is 20.5 Å². The first-order valence-corrected chi connectivity index (χ1v) is 5.92. The molecule has 0 fully saturated rings. The second-order valence-electron chi connectivity index (χ2n) is 3.86. The van der Waals surface area contributed by atoms with Crippen LogP contribution in [-0.2, 0) is 0 Å². The van der Waals surface area contributed by atoms with Crippen LogP contribution in [0.1, 0.15) is 32.2 Å². The summed E-state index contributed by atoms with van der Waals surface area (Å²) in [7, 11) is 0. The Morgan fingerprint density at radius 1 is 1.33 bits per heavy atom. The van der Waals surface area contributed by atoms with Crippen LogP contribution in [0.5, 0.6) is 0 Å². The molecule has 0 aliphatic heterocycles. The number of nitrogens with zero attached hydrogens (tertiary/aromatic N) is 3. The molecule has 0 saturated heterocycles. The lowest BCUT2D eigenvalue weighted by atomic mass is 10.2. The lowest BCUT2D eigenvalue weighted by molar-refractivity contribution is 0.402. The molecule has 2 aromatic heterocycles. The SMILES string of the molecule is CCNC(CC)c1nnc(-c2cncc(F)c2)o1. The number of pyridine rings is 1. The lowest BCUT2D eigenvalue weighted by Gasteiger charge is -2.09. The van der Waals surface area contributed by atoms with Gasteiger partial charge in [0.1, 0.15) is 5.82 Å². The maximum atomic E-state index is 13.0. The van der Waals surface area contributed by atoms with Crippen LogP contribution >= 0.6 is 0 Å². The number of aromatic nitrogens is 3. The molecule has 0 aliphatic rings. The standard InChI is InChI=1S/C12H15FN4O/c1-3-10(15-4-2)12-17-16-11(18-12)8-5-9(13)7-14-6-8/h5-7,10,15H,3-4H2,1-2H3. The number of hydrogen-bond donors (Lipinski definition) is 1. The average Bonchev–Trinajstić information content (AvgIpc) is 2.85. The minimum absolute atomic E-state index is 0.0257. The van der Waals surface area contributed by atoms with E-state index in [2.05, 4.69) is 20.5 Å². The van der Waals surface area contributed by atoms with Gasteiger partial charge in [-0.2, -0.15) is 0 Å². The summed E-state index contributed by atoms with van der Waals surface area (Å²) in [5.41, 5.74) is 0.486. The van der Waals surface area contributed by atoms with Gasteiger partial charge in [-0.1, -0.05) is 13.8 Å². The van der Waals surface area contributed by atoms with E-state index in [9.17, 15) is 4.39 Å². The van der Waals surface area contributed by atoms with Gasteiger partial charge in [-0.25, -0.2) is 4.39 Å². The van der Waals surface area contributed by atoms with Gasteiger partial charge >= 0.3 is 0 Å². The van der Waals surface area contributed by atoms with Crippen molar-refractivity contribution in [1.29, 1.82) is 0 Å².